The molecule has 0 aliphatic heterocycles. The summed E-state index contributed by atoms with van der Waals surface area (Å²) in [5.74, 6) is 1.27. The molecule has 0 radical (unpaired) electrons. The van der Waals surface area contributed by atoms with Crippen LogP contribution in [0.4, 0.5) is 0 Å². The van der Waals surface area contributed by atoms with Crippen molar-refractivity contribution < 1.29 is 4.79 Å². The second-order valence-electron chi connectivity index (χ2n) is 3.89. The van der Waals surface area contributed by atoms with Crippen LogP contribution < -0.4 is 0 Å². The standard InChI is InChI=1S/C9H14O/c1-7-6-9(7)5-3-2-4-8(9)10/h7H,2-6H2,1H3/t7-,9?/m0/s1. The zero-order valence-electron chi connectivity index (χ0n) is 6.52. The van der Waals surface area contributed by atoms with E-state index in [9.17, 15) is 4.79 Å². The lowest BCUT2D eigenvalue weighted by Gasteiger charge is -2.19. The Morgan fingerprint density at radius 1 is 1.50 bits per heavy atom. The first-order chi connectivity index (χ1) is 4.76. The van der Waals surface area contributed by atoms with E-state index in [4.69, 9.17) is 0 Å². The molecule has 2 fully saturated rings. The van der Waals surface area contributed by atoms with Crippen LogP contribution in [0.15, 0.2) is 0 Å². The number of hydrogen-bond donors (Lipinski definition) is 0. The summed E-state index contributed by atoms with van der Waals surface area (Å²) in [6, 6.07) is 0. The maximum atomic E-state index is 11.4. The van der Waals surface area contributed by atoms with Crippen molar-refractivity contribution in [1.29, 1.82) is 0 Å². The zero-order chi connectivity index (χ0) is 7.19. The minimum atomic E-state index is 0.207. The van der Waals surface area contributed by atoms with E-state index in [1.54, 1.807) is 0 Å². The fourth-order valence-electron chi connectivity index (χ4n) is 2.34. The van der Waals surface area contributed by atoms with E-state index in [2.05, 4.69) is 6.92 Å². The third-order valence-corrected chi connectivity index (χ3v) is 3.29. The lowest BCUT2D eigenvalue weighted by atomic mass is 9.83. The second-order valence-corrected chi connectivity index (χ2v) is 3.89. The molecule has 10 heavy (non-hydrogen) atoms. The Labute approximate surface area is 61.8 Å². The predicted molar refractivity (Wildman–Crippen MR) is 39.7 cm³/mol. The Balaban J connectivity index is 2.13. The maximum Gasteiger partial charge on any atom is 0.139 e. The van der Waals surface area contributed by atoms with Crippen LogP contribution in [0.5, 0.6) is 0 Å². The summed E-state index contributed by atoms with van der Waals surface area (Å²) in [6.07, 6.45) is 5.67. The minimum absolute atomic E-state index is 0.207. The van der Waals surface area contributed by atoms with Gasteiger partial charge in [-0.3, -0.25) is 4.79 Å². The fourth-order valence-corrected chi connectivity index (χ4v) is 2.34. The van der Waals surface area contributed by atoms with Crippen molar-refractivity contribution in [3.05, 3.63) is 0 Å². The first-order valence-electron chi connectivity index (χ1n) is 4.29. The summed E-state index contributed by atoms with van der Waals surface area (Å²) in [4.78, 5) is 11.4. The molecular weight excluding hydrogens is 124 g/mol. The van der Waals surface area contributed by atoms with E-state index in [0.29, 0.717) is 11.7 Å². The van der Waals surface area contributed by atoms with Crippen molar-refractivity contribution in [2.75, 3.05) is 0 Å². The van der Waals surface area contributed by atoms with E-state index in [-0.39, 0.29) is 5.41 Å². The Morgan fingerprint density at radius 2 is 2.20 bits per heavy atom. The van der Waals surface area contributed by atoms with Crippen LogP contribution in [0.2, 0.25) is 0 Å². The van der Waals surface area contributed by atoms with Crippen molar-refractivity contribution in [2.45, 2.75) is 39.0 Å². The maximum absolute atomic E-state index is 11.4. The van der Waals surface area contributed by atoms with Crippen molar-refractivity contribution >= 4 is 5.78 Å². The van der Waals surface area contributed by atoms with Crippen molar-refractivity contribution in [2.24, 2.45) is 11.3 Å². The summed E-state index contributed by atoms with van der Waals surface area (Å²) in [5, 5.41) is 0. The molecule has 2 rings (SSSR count). The molecule has 0 aromatic rings. The lowest BCUT2D eigenvalue weighted by Crippen LogP contribution is -2.21. The first-order valence-corrected chi connectivity index (χ1v) is 4.29. The molecule has 1 spiro atoms. The van der Waals surface area contributed by atoms with Gasteiger partial charge in [-0.2, -0.15) is 0 Å². The Morgan fingerprint density at radius 3 is 2.60 bits per heavy atom. The van der Waals surface area contributed by atoms with Gasteiger partial charge in [0.05, 0.1) is 0 Å². The minimum Gasteiger partial charge on any atom is -0.299 e. The Bertz CT molecular complexity index is 174. The van der Waals surface area contributed by atoms with Gasteiger partial charge in [0.2, 0.25) is 0 Å². The van der Waals surface area contributed by atoms with Crippen LogP contribution in [-0.2, 0) is 4.79 Å². The molecule has 2 aliphatic carbocycles. The molecule has 2 aliphatic rings. The highest BCUT2D eigenvalue weighted by molar-refractivity contribution is 5.88. The number of hydrogen-bond acceptors (Lipinski definition) is 1. The number of carbonyl (C=O) groups excluding carboxylic acids is 1. The first kappa shape index (κ1) is 6.38. The third kappa shape index (κ3) is 0.664. The molecule has 0 aromatic carbocycles. The van der Waals surface area contributed by atoms with Crippen LogP contribution in [0.1, 0.15) is 39.0 Å². The normalized spacial score (nSPS) is 46.1. The topological polar surface area (TPSA) is 17.1 Å². The SMILES string of the molecule is C[C@H]1CC12CCCCC2=O. The molecule has 0 bridgehead atoms. The van der Waals surface area contributed by atoms with E-state index in [1.807, 2.05) is 0 Å². The third-order valence-electron chi connectivity index (χ3n) is 3.29. The van der Waals surface area contributed by atoms with Crippen LogP contribution in [0.3, 0.4) is 0 Å². The van der Waals surface area contributed by atoms with Crippen LogP contribution in [0.25, 0.3) is 0 Å². The molecule has 1 unspecified atom stereocenters. The summed E-state index contributed by atoms with van der Waals surface area (Å²) in [5.41, 5.74) is 0.207. The number of rotatable bonds is 0. The summed E-state index contributed by atoms with van der Waals surface area (Å²) in [7, 11) is 0. The van der Waals surface area contributed by atoms with Crippen molar-refractivity contribution in [1.82, 2.24) is 0 Å². The molecule has 0 heterocycles. The van der Waals surface area contributed by atoms with E-state index < -0.39 is 0 Å². The number of carbonyl (C=O) groups is 1. The molecule has 0 amide bonds. The van der Waals surface area contributed by atoms with Gasteiger partial charge in [-0.1, -0.05) is 13.3 Å². The molecular formula is C9H14O. The monoisotopic (exact) mass is 138 g/mol. The molecule has 0 saturated heterocycles. The molecule has 2 saturated carbocycles. The summed E-state index contributed by atoms with van der Waals surface area (Å²) >= 11 is 0. The van der Waals surface area contributed by atoms with Crippen molar-refractivity contribution in [3.8, 4) is 0 Å². The number of Topliss-reactive ketones (excluding diaryl/α,β-unsaturated/α-hetero) is 1. The highest BCUT2D eigenvalue weighted by atomic mass is 16.1. The number of ketones is 1. The van der Waals surface area contributed by atoms with Gasteiger partial charge in [0.25, 0.3) is 0 Å². The van der Waals surface area contributed by atoms with Crippen LogP contribution in [-0.4, -0.2) is 5.78 Å². The van der Waals surface area contributed by atoms with Gasteiger partial charge >= 0.3 is 0 Å². The van der Waals surface area contributed by atoms with Gasteiger partial charge in [-0.15, -0.1) is 0 Å². The van der Waals surface area contributed by atoms with Gasteiger partial charge < -0.3 is 0 Å². The Kier molecular flexibility index (Phi) is 1.17. The second kappa shape index (κ2) is 1.84. The van der Waals surface area contributed by atoms with Gasteiger partial charge in [0.15, 0.2) is 0 Å². The molecule has 2 atom stereocenters. The van der Waals surface area contributed by atoms with Gasteiger partial charge in [-0.05, 0) is 25.2 Å². The lowest BCUT2D eigenvalue weighted by molar-refractivity contribution is -0.126. The van der Waals surface area contributed by atoms with E-state index in [1.165, 1.54) is 19.3 Å². The largest absolute Gasteiger partial charge is 0.299 e. The molecule has 56 valence electrons. The quantitative estimate of drug-likeness (QED) is 0.501. The highest BCUT2D eigenvalue weighted by Gasteiger charge is 2.56. The van der Waals surface area contributed by atoms with Gasteiger partial charge in [0.1, 0.15) is 5.78 Å². The highest BCUT2D eigenvalue weighted by Crippen LogP contribution is 2.58. The Hall–Kier alpha value is -0.330. The summed E-state index contributed by atoms with van der Waals surface area (Å²) in [6.45, 7) is 2.21. The van der Waals surface area contributed by atoms with Gasteiger partial charge in [0, 0.05) is 11.8 Å². The van der Waals surface area contributed by atoms with Crippen LogP contribution in [0, 0.1) is 11.3 Å². The molecule has 0 N–H and O–H groups in total. The van der Waals surface area contributed by atoms with Crippen molar-refractivity contribution in [3.63, 3.8) is 0 Å². The molecule has 1 nitrogen and oxygen atoms in total. The summed E-state index contributed by atoms with van der Waals surface area (Å²) < 4.78 is 0. The average Bonchev–Trinajstić information content (AvgIpc) is 2.53. The average molecular weight is 138 g/mol. The smallest absolute Gasteiger partial charge is 0.139 e. The molecule has 1 heteroatoms. The molecule has 0 aromatic heterocycles. The fraction of sp³-hybridized carbons (Fsp3) is 0.889. The predicted octanol–water partition coefficient (Wildman–Crippen LogP) is 2.16. The van der Waals surface area contributed by atoms with Crippen LogP contribution >= 0.6 is 0 Å². The zero-order valence-corrected chi connectivity index (χ0v) is 6.52. The van der Waals surface area contributed by atoms with E-state index >= 15 is 0 Å². The van der Waals surface area contributed by atoms with E-state index in [0.717, 1.165) is 12.8 Å². The van der Waals surface area contributed by atoms with Gasteiger partial charge in [-0.25, -0.2) is 0 Å².